The zero-order chi connectivity index (χ0) is 18.7. The van der Waals surface area contributed by atoms with Gasteiger partial charge in [0.25, 0.3) is 0 Å². The summed E-state index contributed by atoms with van der Waals surface area (Å²) in [6.07, 6.45) is 4.28. The summed E-state index contributed by atoms with van der Waals surface area (Å²) in [6, 6.07) is 17.2. The number of nitrogens with zero attached hydrogens (tertiary/aromatic N) is 1. The number of benzene rings is 2. The van der Waals surface area contributed by atoms with Gasteiger partial charge in [0.1, 0.15) is 0 Å². The summed E-state index contributed by atoms with van der Waals surface area (Å²) < 4.78 is 0. The van der Waals surface area contributed by atoms with Gasteiger partial charge in [-0.25, -0.2) is 0 Å². The highest BCUT2D eigenvalue weighted by Gasteiger charge is 2.43. The van der Waals surface area contributed by atoms with E-state index < -0.39 is 0 Å². The molecule has 1 N–H and O–H groups in total. The number of nitrogens with one attached hydrogen (secondary N) is 1. The first kappa shape index (κ1) is 18.3. The average molecular weight is 345 g/mol. The molecule has 0 saturated heterocycles. The van der Waals surface area contributed by atoms with Crippen molar-refractivity contribution < 1.29 is 0 Å². The van der Waals surface area contributed by atoms with Crippen LogP contribution in [0.3, 0.4) is 0 Å². The summed E-state index contributed by atoms with van der Waals surface area (Å²) in [4.78, 5) is 0. The Bertz CT molecular complexity index is 836. The van der Waals surface area contributed by atoms with Crippen LogP contribution in [0.25, 0.3) is 5.70 Å². The van der Waals surface area contributed by atoms with E-state index in [0.717, 1.165) is 11.3 Å². The van der Waals surface area contributed by atoms with Gasteiger partial charge < -0.3 is 5.32 Å². The number of nitriles is 1. The molecule has 2 heteroatoms. The highest BCUT2D eigenvalue weighted by Crippen LogP contribution is 2.52. The lowest BCUT2D eigenvalue weighted by molar-refractivity contribution is 0.658. The summed E-state index contributed by atoms with van der Waals surface area (Å²) in [6.45, 7) is 11.0. The second-order valence-electron chi connectivity index (χ2n) is 7.53. The Labute approximate surface area is 157 Å². The van der Waals surface area contributed by atoms with E-state index in [1.807, 2.05) is 12.1 Å². The van der Waals surface area contributed by atoms with E-state index >= 15 is 0 Å². The fourth-order valence-electron chi connectivity index (χ4n) is 3.94. The molecule has 1 aliphatic rings. The van der Waals surface area contributed by atoms with Crippen LogP contribution in [-0.4, -0.2) is 0 Å². The summed E-state index contributed by atoms with van der Waals surface area (Å²) in [5.41, 5.74) is 7.71. The lowest BCUT2D eigenvalue weighted by Crippen LogP contribution is -2.18. The van der Waals surface area contributed by atoms with E-state index in [1.165, 1.54) is 41.5 Å². The number of hydrogen-bond acceptors (Lipinski definition) is 2. The second-order valence-corrected chi connectivity index (χ2v) is 7.53. The van der Waals surface area contributed by atoms with Crippen LogP contribution in [-0.2, 0) is 11.8 Å². The van der Waals surface area contributed by atoms with Crippen molar-refractivity contribution in [3.8, 4) is 6.07 Å². The van der Waals surface area contributed by atoms with E-state index in [4.69, 9.17) is 5.26 Å². The largest absolute Gasteiger partial charge is 0.379 e. The van der Waals surface area contributed by atoms with Crippen molar-refractivity contribution in [2.24, 2.45) is 0 Å². The first-order valence-corrected chi connectivity index (χ1v) is 9.52. The topological polar surface area (TPSA) is 35.8 Å². The molecule has 1 aliphatic carbocycles. The molecular formula is C24H28N2. The van der Waals surface area contributed by atoms with Gasteiger partial charge in [0.05, 0.1) is 12.5 Å². The standard InChI is InChI=1S/C24H28N2/c1-5-24(14-15-24)23-8-6-7-22(17(23)2)19(4)26-18(3)21-11-9-20(10-12-21)13-16-25/h6-12,18,26H,4-5,13-15H2,1-3H3. The first-order valence-electron chi connectivity index (χ1n) is 9.52. The monoisotopic (exact) mass is 344 g/mol. The predicted octanol–water partition coefficient (Wildman–Crippen LogP) is 5.82. The molecule has 1 fully saturated rings. The second kappa shape index (κ2) is 7.38. The van der Waals surface area contributed by atoms with Gasteiger partial charge in [-0.05, 0) is 60.8 Å². The van der Waals surface area contributed by atoms with E-state index in [9.17, 15) is 0 Å². The molecule has 0 aromatic heterocycles. The van der Waals surface area contributed by atoms with Crippen LogP contribution in [0.1, 0.15) is 67.0 Å². The van der Waals surface area contributed by atoms with Gasteiger partial charge in [-0.15, -0.1) is 0 Å². The molecule has 2 nitrogen and oxygen atoms in total. The van der Waals surface area contributed by atoms with Crippen LogP contribution in [0, 0.1) is 18.3 Å². The molecule has 0 spiro atoms. The SMILES string of the molecule is C=C(NC(C)c1ccc(CC#N)cc1)c1cccc(C2(CC)CC2)c1C. The van der Waals surface area contributed by atoms with E-state index in [1.54, 1.807) is 0 Å². The fraction of sp³-hybridized carbons (Fsp3) is 0.375. The zero-order valence-electron chi connectivity index (χ0n) is 16.1. The highest BCUT2D eigenvalue weighted by molar-refractivity contribution is 5.67. The quantitative estimate of drug-likeness (QED) is 0.686. The van der Waals surface area contributed by atoms with E-state index in [0.29, 0.717) is 11.8 Å². The molecule has 0 aliphatic heterocycles. The van der Waals surface area contributed by atoms with Gasteiger partial charge in [0.2, 0.25) is 0 Å². The average Bonchev–Trinajstić information content (AvgIpc) is 3.43. The molecule has 0 bridgehead atoms. The van der Waals surface area contributed by atoms with Crippen molar-refractivity contribution in [2.75, 3.05) is 0 Å². The van der Waals surface area contributed by atoms with Crippen molar-refractivity contribution in [2.45, 2.75) is 57.9 Å². The minimum Gasteiger partial charge on any atom is -0.379 e. The normalized spacial score (nSPS) is 15.8. The van der Waals surface area contributed by atoms with Crippen LogP contribution in [0.5, 0.6) is 0 Å². The third-order valence-electron chi connectivity index (χ3n) is 5.91. The molecule has 2 aromatic carbocycles. The van der Waals surface area contributed by atoms with E-state index in [-0.39, 0.29) is 6.04 Å². The van der Waals surface area contributed by atoms with Gasteiger partial charge in [0.15, 0.2) is 0 Å². The molecule has 0 heterocycles. The summed E-state index contributed by atoms with van der Waals surface area (Å²) >= 11 is 0. The van der Waals surface area contributed by atoms with Gasteiger partial charge in [-0.2, -0.15) is 5.26 Å². The molecule has 0 radical (unpaired) electrons. The molecule has 26 heavy (non-hydrogen) atoms. The lowest BCUT2D eigenvalue weighted by atomic mass is 9.87. The minimum atomic E-state index is 0.169. The Morgan fingerprint density at radius 3 is 2.50 bits per heavy atom. The van der Waals surface area contributed by atoms with Crippen molar-refractivity contribution in [1.82, 2.24) is 5.32 Å². The Hall–Kier alpha value is -2.53. The molecule has 0 amide bonds. The summed E-state index contributed by atoms with van der Waals surface area (Å²) in [5.74, 6) is 0. The molecular weight excluding hydrogens is 316 g/mol. The van der Waals surface area contributed by atoms with Crippen LogP contribution in [0.15, 0.2) is 49.0 Å². The van der Waals surface area contributed by atoms with Crippen molar-refractivity contribution in [3.63, 3.8) is 0 Å². The van der Waals surface area contributed by atoms with Crippen LogP contribution in [0.2, 0.25) is 0 Å². The van der Waals surface area contributed by atoms with Crippen LogP contribution < -0.4 is 5.32 Å². The minimum absolute atomic E-state index is 0.169. The van der Waals surface area contributed by atoms with Crippen LogP contribution in [0.4, 0.5) is 0 Å². The third kappa shape index (κ3) is 3.53. The lowest BCUT2D eigenvalue weighted by Gasteiger charge is -2.23. The Kier molecular flexibility index (Phi) is 5.18. The Morgan fingerprint density at radius 1 is 1.23 bits per heavy atom. The summed E-state index contributed by atoms with van der Waals surface area (Å²) in [7, 11) is 0. The van der Waals surface area contributed by atoms with Gasteiger partial charge in [-0.1, -0.05) is 56.0 Å². The zero-order valence-corrected chi connectivity index (χ0v) is 16.1. The molecule has 134 valence electrons. The van der Waals surface area contributed by atoms with Gasteiger partial charge in [-0.3, -0.25) is 0 Å². The van der Waals surface area contributed by atoms with Gasteiger partial charge in [0, 0.05) is 17.3 Å². The number of rotatable bonds is 7. The van der Waals surface area contributed by atoms with Crippen molar-refractivity contribution >= 4 is 5.70 Å². The third-order valence-corrected chi connectivity index (χ3v) is 5.91. The maximum absolute atomic E-state index is 8.80. The highest BCUT2D eigenvalue weighted by atomic mass is 14.9. The Morgan fingerprint density at radius 2 is 1.92 bits per heavy atom. The number of hydrogen-bond donors (Lipinski definition) is 1. The maximum atomic E-state index is 8.80. The molecule has 1 saturated carbocycles. The Balaban J connectivity index is 1.76. The van der Waals surface area contributed by atoms with E-state index in [2.05, 4.69) is 69.1 Å². The van der Waals surface area contributed by atoms with Crippen LogP contribution >= 0.6 is 0 Å². The van der Waals surface area contributed by atoms with Crippen molar-refractivity contribution in [1.29, 1.82) is 5.26 Å². The first-order chi connectivity index (χ1) is 12.5. The van der Waals surface area contributed by atoms with Crippen molar-refractivity contribution in [3.05, 3.63) is 76.9 Å². The maximum Gasteiger partial charge on any atom is 0.0669 e. The molecule has 1 unspecified atom stereocenters. The summed E-state index contributed by atoms with van der Waals surface area (Å²) in [5, 5.41) is 12.4. The molecule has 3 rings (SSSR count). The molecule has 1 atom stereocenters. The molecule has 2 aromatic rings. The predicted molar refractivity (Wildman–Crippen MR) is 109 cm³/mol. The fourth-order valence-corrected chi connectivity index (χ4v) is 3.94. The smallest absolute Gasteiger partial charge is 0.0669 e. The van der Waals surface area contributed by atoms with Gasteiger partial charge >= 0.3 is 0 Å².